The lowest BCUT2D eigenvalue weighted by atomic mass is 10.8. The molecule has 0 radical (unpaired) electrons. The van der Waals surface area contributed by atoms with E-state index in [1.807, 2.05) is 0 Å². The van der Waals surface area contributed by atoms with E-state index in [1.54, 1.807) is 6.92 Å². The molecule has 0 atom stereocenters. The van der Waals surface area contributed by atoms with Crippen LogP contribution in [0.3, 0.4) is 0 Å². The van der Waals surface area contributed by atoms with E-state index in [9.17, 15) is 13.2 Å². The third-order valence-corrected chi connectivity index (χ3v) is 2.29. The molecule has 2 nitrogen and oxygen atoms in total. The quantitative estimate of drug-likeness (QED) is 0.651. The highest BCUT2D eigenvalue weighted by molar-refractivity contribution is 8.01. The first-order valence-corrected chi connectivity index (χ1v) is 4.12. The highest BCUT2D eigenvalue weighted by Gasteiger charge is 2.31. The molecule has 11 heavy (non-hydrogen) atoms. The number of hydrogen-bond donors (Lipinski definition) is 0. The van der Waals surface area contributed by atoms with Crippen molar-refractivity contribution in [2.24, 2.45) is 0 Å². The van der Waals surface area contributed by atoms with Gasteiger partial charge in [-0.05, 0) is 18.5 Å². The Morgan fingerprint density at radius 1 is 1.45 bits per heavy atom. The number of thioether (sulfide) groups is 1. The molecule has 1 rings (SSSR count). The van der Waals surface area contributed by atoms with Crippen molar-refractivity contribution in [3.05, 3.63) is 5.82 Å². The minimum absolute atomic E-state index is 0.0602. The van der Waals surface area contributed by atoms with Gasteiger partial charge in [0.1, 0.15) is 5.82 Å². The van der Waals surface area contributed by atoms with Crippen LogP contribution < -0.4 is 0 Å². The van der Waals surface area contributed by atoms with Gasteiger partial charge in [0.2, 0.25) is 0 Å². The Labute approximate surface area is 69.0 Å². The van der Waals surface area contributed by atoms with Crippen LogP contribution in [0.1, 0.15) is 5.82 Å². The lowest BCUT2D eigenvalue weighted by molar-refractivity contribution is -0.0328. The van der Waals surface area contributed by atoms with E-state index < -0.39 is 5.51 Å². The Kier molecular flexibility index (Phi) is 2.38. The summed E-state index contributed by atoms with van der Waals surface area (Å²) in [5, 5.41) is 0. The van der Waals surface area contributed by atoms with Gasteiger partial charge < -0.3 is 0 Å². The van der Waals surface area contributed by atoms with Crippen molar-refractivity contribution in [2.75, 3.05) is 0 Å². The molecule has 62 valence electrons. The van der Waals surface area contributed by atoms with Crippen LogP contribution in [-0.2, 0) is 0 Å². The number of halogens is 3. The van der Waals surface area contributed by atoms with Crippen LogP contribution >= 0.6 is 23.3 Å². The molecule has 1 aromatic rings. The normalized spacial score (nSPS) is 12.0. The highest BCUT2D eigenvalue weighted by atomic mass is 32.2. The summed E-state index contributed by atoms with van der Waals surface area (Å²) in [6, 6.07) is 0. The van der Waals surface area contributed by atoms with Gasteiger partial charge in [-0.15, -0.1) is 0 Å². The molecule has 0 bridgehead atoms. The lowest BCUT2D eigenvalue weighted by Gasteiger charge is -1.99. The van der Waals surface area contributed by atoms with E-state index in [1.165, 1.54) is 0 Å². The SMILES string of the molecule is Cc1nsc(SC(F)(F)F)n1. The van der Waals surface area contributed by atoms with Crippen molar-refractivity contribution in [3.63, 3.8) is 0 Å². The van der Waals surface area contributed by atoms with E-state index in [4.69, 9.17) is 0 Å². The fourth-order valence-corrected chi connectivity index (χ4v) is 1.76. The van der Waals surface area contributed by atoms with Crippen molar-refractivity contribution < 1.29 is 13.2 Å². The second kappa shape index (κ2) is 2.98. The van der Waals surface area contributed by atoms with Gasteiger partial charge in [-0.3, -0.25) is 0 Å². The Morgan fingerprint density at radius 3 is 2.45 bits per heavy atom. The molecule has 1 heterocycles. The summed E-state index contributed by atoms with van der Waals surface area (Å²) in [6.45, 7) is 1.55. The molecule has 0 saturated carbocycles. The van der Waals surface area contributed by atoms with E-state index >= 15 is 0 Å². The molecule has 7 heteroatoms. The predicted molar refractivity (Wildman–Crippen MR) is 36.6 cm³/mol. The van der Waals surface area contributed by atoms with Crippen molar-refractivity contribution >= 4 is 23.3 Å². The minimum Gasteiger partial charge on any atom is -0.213 e. The largest absolute Gasteiger partial charge is 0.448 e. The zero-order valence-corrected chi connectivity index (χ0v) is 6.98. The summed E-state index contributed by atoms with van der Waals surface area (Å²) >= 11 is 0.525. The molecule has 0 aliphatic carbocycles. The van der Waals surface area contributed by atoms with E-state index in [0.29, 0.717) is 5.82 Å². The molecule has 0 spiro atoms. The standard InChI is InChI=1S/C4H3F3N2S2/c1-2-8-3(11-9-2)10-4(5,6)7/h1H3. The van der Waals surface area contributed by atoms with Gasteiger partial charge >= 0.3 is 5.51 Å². The fourth-order valence-electron chi connectivity index (χ4n) is 0.418. The Bertz CT molecular complexity index is 244. The second-order valence-electron chi connectivity index (χ2n) is 1.66. The minimum atomic E-state index is -4.26. The number of aromatic nitrogens is 2. The van der Waals surface area contributed by atoms with Crippen molar-refractivity contribution in [3.8, 4) is 0 Å². The second-order valence-corrected chi connectivity index (χ2v) is 3.72. The first-order valence-electron chi connectivity index (χ1n) is 2.53. The van der Waals surface area contributed by atoms with Gasteiger partial charge in [0.05, 0.1) is 0 Å². The van der Waals surface area contributed by atoms with E-state index in [0.717, 1.165) is 11.5 Å². The van der Waals surface area contributed by atoms with Crippen LogP contribution in [0.4, 0.5) is 13.2 Å². The van der Waals surface area contributed by atoms with Crippen molar-refractivity contribution in [1.29, 1.82) is 0 Å². The Balaban J connectivity index is 2.65. The Hall–Kier alpha value is -0.300. The maximum atomic E-state index is 11.7. The summed E-state index contributed by atoms with van der Waals surface area (Å²) < 4.78 is 38.5. The number of nitrogens with zero attached hydrogens (tertiary/aromatic N) is 2. The molecular formula is C4H3F3N2S2. The molecule has 0 fully saturated rings. The topological polar surface area (TPSA) is 25.8 Å². The van der Waals surface area contributed by atoms with Gasteiger partial charge in [0.15, 0.2) is 4.34 Å². The molecule has 0 amide bonds. The lowest BCUT2D eigenvalue weighted by Crippen LogP contribution is -1.98. The summed E-state index contributed by atoms with van der Waals surface area (Å²) in [4.78, 5) is 3.55. The third kappa shape index (κ3) is 3.06. The number of alkyl halides is 3. The average molecular weight is 200 g/mol. The maximum absolute atomic E-state index is 11.7. The van der Waals surface area contributed by atoms with Crippen LogP contribution in [0.2, 0.25) is 0 Å². The maximum Gasteiger partial charge on any atom is 0.448 e. The first-order chi connectivity index (χ1) is 4.97. The fraction of sp³-hybridized carbons (Fsp3) is 0.500. The molecule has 0 N–H and O–H groups in total. The monoisotopic (exact) mass is 200 g/mol. The first kappa shape index (κ1) is 8.79. The number of rotatable bonds is 1. The predicted octanol–water partition coefficient (Wildman–Crippen LogP) is 2.46. The number of aryl methyl sites for hydroxylation is 1. The van der Waals surface area contributed by atoms with E-state index in [-0.39, 0.29) is 16.1 Å². The van der Waals surface area contributed by atoms with Crippen LogP contribution in [-0.4, -0.2) is 14.9 Å². The molecule has 0 unspecified atom stereocenters. The van der Waals surface area contributed by atoms with Gasteiger partial charge in [-0.2, -0.15) is 17.5 Å². The van der Waals surface area contributed by atoms with Crippen LogP contribution in [0, 0.1) is 6.92 Å². The molecule has 0 aromatic carbocycles. The Morgan fingerprint density at radius 2 is 2.09 bits per heavy atom. The summed E-state index contributed by atoms with van der Waals surface area (Å²) in [7, 11) is 0. The molecule has 0 saturated heterocycles. The summed E-state index contributed by atoms with van der Waals surface area (Å²) in [5.74, 6) is 0.377. The molecule has 1 aromatic heterocycles. The zero-order chi connectivity index (χ0) is 8.48. The van der Waals surface area contributed by atoms with Crippen LogP contribution in [0.25, 0.3) is 0 Å². The zero-order valence-electron chi connectivity index (χ0n) is 5.34. The third-order valence-electron chi connectivity index (χ3n) is 0.712. The molecule has 0 aliphatic heterocycles. The van der Waals surface area contributed by atoms with Gasteiger partial charge in [0, 0.05) is 11.8 Å². The number of hydrogen-bond acceptors (Lipinski definition) is 4. The van der Waals surface area contributed by atoms with Crippen LogP contribution in [0.15, 0.2) is 4.34 Å². The smallest absolute Gasteiger partial charge is 0.213 e. The summed E-state index contributed by atoms with van der Waals surface area (Å²) in [6.07, 6.45) is 0. The van der Waals surface area contributed by atoms with Crippen LogP contribution in [0.5, 0.6) is 0 Å². The van der Waals surface area contributed by atoms with Gasteiger partial charge in [0.25, 0.3) is 0 Å². The van der Waals surface area contributed by atoms with Gasteiger partial charge in [-0.1, -0.05) is 0 Å². The molecule has 0 aliphatic rings. The van der Waals surface area contributed by atoms with E-state index in [2.05, 4.69) is 9.36 Å². The van der Waals surface area contributed by atoms with Gasteiger partial charge in [-0.25, -0.2) is 4.98 Å². The van der Waals surface area contributed by atoms with Crippen molar-refractivity contribution in [1.82, 2.24) is 9.36 Å². The average Bonchev–Trinajstić information content (AvgIpc) is 2.10. The van der Waals surface area contributed by atoms with Crippen molar-refractivity contribution in [2.45, 2.75) is 16.8 Å². The highest BCUT2D eigenvalue weighted by Crippen LogP contribution is 2.37. The molecular weight excluding hydrogens is 197 g/mol. The summed E-state index contributed by atoms with van der Waals surface area (Å²) in [5.41, 5.74) is -4.26.